The summed E-state index contributed by atoms with van der Waals surface area (Å²) in [7, 11) is -4.79. The molecular weight excluding hydrogens is 753 g/mol. The van der Waals surface area contributed by atoms with Crippen molar-refractivity contribution in [3.63, 3.8) is 0 Å². The van der Waals surface area contributed by atoms with Gasteiger partial charge in [0.1, 0.15) is 12.2 Å². The van der Waals surface area contributed by atoms with E-state index in [1.165, 1.54) is 10.4 Å². The van der Waals surface area contributed by atoms with Gasteiger partial charge in [0.15, 0.2) is 8.32 Å². The molecule has 2 N–H and O–H groups in total. The van der Waals surface area contributed by atoms with Crippen molar-refractivity contribution in [1.82, 2.24) is 0 Å². The van der Waals surface area contributed by atoms with E-state index in [2.05, 4.69) is 121 Å². The molecule has 6 nitrogen and oxygen atoms in total. The van der Waals surface area contributed by atoms with Crippen molar-refractivity contribution in [2.45, 2.75) is 148 Å². The second-order valence-electron chi connectivity index (χ2n) is 17.5. The Bertz CT molecular complexity index is 1640. The summed E-state index contributed by atoms with van der Waals surface area (Å²) in [5, 5.41) is 24.9. The summed E-state index contributed by atoms with van der Waals surface area (Å²) in [6.07, 6.45) is 2.36. The number of rotatable bonds is 26. The zero-order valence-corrected chi connectivity index (χ0v) is 38.9. The Morgan fingerprint density at radius 1 is 0.603 bits per heavy atom. The van der Waals surface area contributed by atoms with Crippen LogP contribution in [0.5, 0.6) is 0 Å². The normalized spacial score (nSPS) is 15.7. The van der Waals surface area contributed by atoms with E-state index < -0.39 is 46.5 Å². The maximum Gasteiger partial charge on any atom is 0.261 e. The van der Waals surface area contributed by atoms with Crippen molar-refractivity contribution >= 4 is 27.0 Å². The third kappa shape index (κ3) is 12.6. The summed E-state index contributed by atoms with van der Waals surface area (Å²) in [6, 6.07) is 45.0. The first-order valence-electron chi connectivity index (χ1n) is 21.9. The summed E-state index contributed by atoms with van der Waals surface area (Å²) >= 11 is 0. The molecule has 8 heteroatoms. The molecule has 0 aliphatic rings. The van der Waals surface area contributed by atoms with Crippen molar-refractivity contribution < 1.29 is 28.5 Å². The lowest BCUT2D eigenvalue weighted by Crippen LogP contribution is -2.66. The van der Waals surface area contributed by atoms with Crippen LogP contribution in [0.15, 0.2) is 121 Å². The molecule has 58 heavy (non-hydrogen) atoms. The number of hydrogen-bond donors (Lipinski definition) is 2. The third-order valence-corrected chi connectivity index (χ3v) is 22.2. The van der Waals surface area contributed by atoms with Crippen molar-refractivity contribution in [1.29, 1.82) is 0 Å². The van der Waals surface area contributed by atoms with Crippen LogP contribution in [0.2, 0.25) is 23.2 Å². The Hall–Kier alpha value is -2.93. The molecule has 0 heterocycles. The topological polar surface area (TPSA) is 77.4 Å². The molecular formula is C50H74O6Si2. The number of benzene rings is 4. The number of ether oxygens (including phenoxy) is 2. The first-order valence-corrected chi connectivity index (χ1v) is 26.4. The van der Waals surface area contributed by atoms with Gasteiger partial charge in [-0.25, -0.2) is 0 Å². The van der Waals surface area contributed by atoms with Gasteiger partial charge in [-0.3, -0.25) is 0 Å². The molecule has 0 aliphatic carbocycles. The van der Waals surface area contributed by atoms with Gasteiger partial charge in [0.25, 0.3) is 8.32 Å². The van der Waals surface area contributed by atoms with Crippen LogP contribution >= 0.6 is 0 Å². The Balaban J connectivity index is 1.60. The van der Waals surface area contributed by atoms with E-state index in [0.717, 1.165) is 61.4 Å². The fourth-order valence-corrected chi connectivity index (χ4v) is 16.3. The molecule has 0 aromatic heterocycles. The molecule has 0 bridgehead atoms. The van der Waals surface area contributed by atoms with Gasteiger partial charge in [-0.1, -0.05) is 189 Å². The molecule has 0 spiro atoms. The molecule has 4 rings (SSSR count). The second-order valence-corrected chi connectivity index (χ2v) is 26.5. The monoisotopic (exact) mass is 827 g/mol. The minimum Gasteiger partial charge on any atom is -0.409 e. The Kier molecular flexibility index (Phi) is 19.1. The van der Waals surface area contributed by atoms with Gasteiger partial charge in [0.2, 0.25) is 0 Å². The van der Waals surface area contributed by atoms with E-state index in [0.29, 0.717) is 19.8 Å². The van der Waals surface area contributed by atoms with Gasteiger partial charge in [-0.15, -0.1) is 0 Å². The predicted octanol–water partition coefficient (Wildman–Crippen LogP) is 10.5. The first kappa shape index (κ1) is 47.7. The highest BCUT2D eigenvalue weighted by Gasteiger charge is 2.51. The largest absolute Gasteiger partial charge is 0.409 e. The van der Waals surface area contributed by atoms with E-state index in [-0.39, 0.29) is 11.6 Å². The Labute approximate surface area is 353 Å². The van der Waals surface area contributed by atoms with Gasteiger partial charge in [-0.2, -0.15) is 0 Å². The number of aliphatic hydroxyl groups is 2. The molecule has 0 saturated heterocycles. The summed E-state index contributed by atoms with van der Waals surface area (Å²) in [5.41, 5.74) is 1.30. The number of hydrogen-bond acceptors (Lipinski definition) is 6. The third-order valence-electron chi connectivity index (χ3n) is 12.4. The molecule has 0 unspecified atom stereocenters. The maximum atomic E-state index is 12.0. The Morgan fingerprint density at radius 2 is 1.05 bits per heavy atom. The van der Waals surface area contributed by atoms with Crippen LogP contribution in [-0.2, 0) is 31.5 Å². The SMILES string of the molecule is CC[Si](CC)(CC)O[C@](C)(CCCCCCO[Si](c1ccccc1)(c1ccccc1)C(C)(C)C)[C@H](OCc1ccccc1)[C@@H](OCc1ccccc1)[C@H](O)[C@@H](C)CO. The molecule has 4 aromatic carbocycles. The minimum atomic E-state index is -2.60. The van der Waals surface area contributed by atoms with E-state index >= 15 is 0 Å². The smallest absolute Gasteiger partial charge is 0.261 e. The van der Waals surface area contributed by atoms with E-state index in [9.17, 15) is 10.2 Å². The fourth-order valence-electron chi connectivity index (χ4n) is 8.57. The van der Waals surface area contributed by atoms with Gasteiger partial charge in [0, 0.05) is 19.1 Å². The molecule has 4 aromatic rings. The number of unbranched alkanes of at least 4 members (excludes halogenated alkanes) is 3. The summed E-state index contributed by atoms with van der Waals surface area (Å²) in [5.74, 6) is -0.422. The maximum absolute atomic E-state index is 12.0. The molecule has 318 valence electrons. The molecule has 0 aliphatic heterocycles. The summed E-state index contributed by atoms with van der Waals surface area (Å²) < 4.78 is 28.6. The van der Waals surface area contributed by atoms with Crippen LogP contribution in [0.3, 0.4) is 0 Å². The van der Waals surface area contributed by atoms with Crippen LogP contribution in [0, 0.1) is 5.92 Å². The highest BCUT2D eigenvalue weighted by atomic mass is 28.4. The fraction of sp³-hybridized carbons (Fsp3) is 0.520. The minimum absolute atomic E-state index is 0.0605. The highest BCUT2D eigenvalue weighted by Crippen LogP contribution is 2.39. The molecule has 0 fully saturated rings. The standard InChI is InChI=1S/C50H74O6Si2/c1-9-57(10-2,11-3)56-50(8,36-26-12-13-27-37-55-58(49(5,6)7,44-32-22-16-23-33-44)45-34-24-17-25-35-45)48(54-40-43-30-20-15-21-31-43)47(46(52)41(4)38-51)53-39-42-28-18-14-19-29-42/h14-25,28-35,41,46-48,51-52H,9-13,26-27,36-40H2,1-8H3/t41-,46+,47-,48+,50+/m0/s1. The average molecular weight is 827 g/mol. The lowest BCUT2D eigenvalue weighted by atomic mass is 9.84. The summed E-state index contributed by atoms with van der Waals surface area (Å²) in [6.45, 7) is 19.0. The zero-order chi connectivity index (χ0) is 42.1. The first-order chi connectivity index (χ1) is 27.9. The lowest BCUT2D eigenvalue weighted by Gasteiger charge is -2.48. The van der Waals surface area contributed by atoms with E-state index in [1.54, 1.807) is 0 Å². The van der Waals surface area contributed by atoms with Crippen LogP contribution in [-0.4, -0.2) is 64.0 Å². The van der Waals surface area contributed by atoms with E-state index in [1.807, 2.05) is 55.5 Å². The van der Waals surface area contributed by atoms with Crippen LogP contribution < -0.4 is 10.4 Å². The highest BCUT2D eigenvalue weighted by molar-refractivity contribution is 6.99. The molecule has 0 radical (unpaired) electrons. The molecule has 5 atom stereocenters. The van der Waals surface area contributed by atoms with Crippen molar-refractivity contribution in [2.24, 2.45) is 5.92 Å². The zero-order valence-electron chi connectivity index (χ0n) is 36.9. The lowest BCUT2D eigenvalue weighted by molar-refractivity contribution is -0.201. The van der Waals surface area contributed by atoms with Gasteiger partial charge in [-0.05, 0) is 64.4 Å². The van der Waals surface area contributed by atoms with Gasteiger partial charge < -0.3 is 28.5 Å². The summed E-state index contributed by atoms with van der Waals surface area (Å²) in [4.78, 5) is 0. The number of aliphatic hydroxyl groups excluding tert-OH is 2. The van der Waals surface area contributed by atoms with Crippen LogP contribution in [0.25, 0.3) is 0 Å². The van der Waals surface area contributed by atoms with Crippen molar-refractivity contribution in [3.05, 3.63) is 132 Å². The average Bonchev–Trinajstić information content (AvgIpc) is 3.25. The second kappa shape index (κ2) is 23.2. The van der Waals surface area contributed by atoms with E-state index in [4.69, 9.17) is 18.3 Å². The predicted molar refractivity (Wildman–Crippen MR) is 246 cm³/mol. The molecule has 0 saturated carbocycles. The van der Waals surface area contributed by atoms with Crippen molar-refractivity contribution in [3.8, 4) is 0 Å². The Morgan fingerprint density at radius 3 is 1.50 bits per heavy atom. The van der Waals surface area contributed by atoms with Crippen molar-refractivity contribution in [2.75, 3.05) is 13.2 Å². The quantitative estimate of drug-likeness (QED) is 0.0485. The van der Waals surface area contributed by atoms with Gasteiger partial charge >= 0.3 is 0 Å². The van der Waals surface area contributed by atoms with Gasteiger partial charge in [0.05, 0.1) is 24.9 Å². The van der Waals surface area contributed by atoms with Crippen LogP contribution in [0.1, 0.15) is 98.6 Å². The molecule has 0 amide bonds. The van der Waals surface area contributed by atoms with Crippen LogP contribution in [0.4, 0.5) is 0 Å².